The van der Waals surface area contributed by atoms with Crippen LogP contribution in [-0.2, 0) is 16.6 Å². The van der Waals surface area contributed by atoms with Crippen LogP contribution in [0, 0.1) is 6.92 Å². The number of nitrogens with zero attached hydrogens (tertiary/aromatic N) is 3. The predicted molar refractivity (Wildman–Crippen MR) is 123 cm³/mol. The van der Waals surface area contributed by atoms with Gasteiger partial charge in [-0.05, 0) is 30.2 Å². The fourth-order valence-electron chi connectivity index (χ4n) is 3.55. The fourth-order valence-corrected chi connectivity index (χ4v) is 4.80. The van der Waals surface area contributed by atoms with Gasteiger partial charge in [-0.25, -0.2) is 22.9 Å². The van der Waals surface area contributed by atoms with E-state index in [2.05, 4.69) is 10.2 Å². The Morgan fingerprint density at radius 1 is 1.00 bits per heavy atom. The SMILES string of the molecule is Cc1ccccc1-n1c(-c2cc(S(=O)(=O)N(C)Cc3ccccc3)c(O)cc2O)n[nH]c1=O. The summed E-state index contributed by atoms with van der Waals surface area (Å²) in [6.45, 7) is 1.89. The van der Waals surface area contributed by atoms with E-state index in [0.717, 1.165) is 27.6 Å². The molecule has 4 rings (SSSR count). The first-order chi connectivity index (χ1) is 15.7. The largest absolute Gasteiger partial charge is 0.507 e. The van der Waals surface area contributed by atoms with Crippen LogP contribution in [0.3, 0.4) is 0 Å². The lowest BCUT2D eigenvalue weighted by atomic mass is 10.1. The Morgan fingerprint density at radius 2 is 1.67 bits per heavy atom. The maximum Gasteiger partial charge on any atom is 0.348 e. The minimum absolute atomic E-state index is 0.00830. The number of hydrogen-bond acceptors (Lipinski definition) is 6. The lowest BCUT2D eigenvalue weighted by Gasteiger charge is -2.19. The van der Waals surface area contributed by atoms with Crippen molar-refractivity contribution < 1.29 is 18.6 Å². The van der Waals surface area contributed by atoms with E-state index in [1.165, 1.54) is 11.6 Å². The van der Waals surface area contributed by atoms with Gasteiger partial charge in [-0.15, -0.1) is 0 Å². The molecule has 4 aromatic rings. The molecule has 0 bridgehead atoms. The maximum absolute atomic E-state index is 13.3. The van der Waals surface area contributed by atoms with Gasteiger partial charge in [-0.2, -0.15) is 9.40 Å². The van der Waals surface area contributed by atoms with Crippen LogP contribution >= 0.6 is 0 Å². The first-order valence-corrected chi connectivity index (χ1v) is 11.4. The van der Waals surface area contributed by atoms with Gasteiger partial charge < -0.3 is 10.2 Å². The van der Waals surface area contributed by atoms with Crippen LogP contribution in [0.5, 0.6) is 11.5 Å². The number of benzene rings is 3. The number of phenols is 2. The zero-order valence-electron chi connectivity index (χ0n) is 17.9. The molecule has 0 saturated carbocycles. The van der Waals surface area contributed by atoms with E-state index in [-0.39, 0.29) is 17.9 Å². The molecule has 170 valence electrons. The highest BCUT2D eigenvalue weighted by Gasteiger charge is 2.28. The van der Waals surface area contributed by atoms with Gasteiger partial charge in [0.1, 0.15) is 16.4 Å². The smallest absolute Gasteiger partial charge is 0.348 e. The van der Waals surface area contributed by atoms with Crippen molar-refractivity contribution in [1.82, 2.24) is 19.1 Å². The topological polar surface area (TPSA) is 129 Å². The van der Waals surface area contributed by atoms with E-state index in [1.54, 1.807) is 36.4 Å². The number of aromatic hydroxyl groups is 2. The predicted octanol–water partition coefficient (Wildman–Crippen LogP) is 2.77. The average Bonchev–Trinajstić information content (AvgIpc) is 3.15. The van der Waals surface area contributed by atoms with Crippen LogP contribution in [-0.4, -0.2) is 44.7 Å². The molecule has 0 saturated heterocycles. The molecule has 0 aliphatic carbocycles. The molecule has 33 heavy (non-hydrogen) atoms. The van der Waals surface area contributed by atoms with Crippen LogP contribution in [0.25, 0.3) is 17.1 Å². The lowest BCUT2D eigenvalue weighted by Crippen LogP contribution is -2.26. The number of sulfonamides is 1. The van der Waals surface area contributed by atoms with Gasteiger partial charge in [0.05, 0.1) is 11.3 Å². The summed E-state index contributed by atoms with van der Waals surface area (Å²) < 4.78 is 28.8. The molecule has 0 aliphatic heterocycles. The lowest BCUT2D eigenvalue weighted by molar-refractivity contribution is 0.430. The number of phenolic OH excluding ortho intramolecular Hbond substituents is 2. The summed E-state index contributed by atoms with van der Waals surface area (Å²) >= 11 is 0. The summed E-state index contributed by atoms with van der Waals surface area (Å²) in [5.74, 6) is -1.03. The molecule has 0 amide bonds. The highest BCUT2D eigenvalue weighted by Crippen LogP contribution is 2.37. The molecule has 0 spiro atoms. The van der Waals surface area contributed by atoms with Crippen molar-refractivity contribution in [2.24, 2.45) is 0 Å². The zero-order valence-corrected chi connectivity index (χ0v) is 18.7. The second kappa shape index (κ2) is 8.57. The Kier molecular flexibility index (Phi) is 5.79. The number of hydrogen-bond donors (Lipinski definition) is 3. The first kappa shape index (κ1) is 22.3. The van der Waals surface area contributed by atoms with Gasteiger partial charge >= 0.3 is 5.69 Å². The first-order valence-electron chi connectivity index (χ1n) is 10.00. The fraction of sp³-hybridized carbons (Fsp3) is 0.130. The van der Waals surface area contributed by atoms with E-state index in [9.17, 15) is 23.4 Å². The molecule has 0 aliphatic rings. The highest BCUT2D eigenvalue weighted by atomic mass is 32.2. The summed E-state index contributed by atoms with van der Waals surface area (Å²) in [5, 5.41) is 27.3. The summed E-state index contributed by atoms with van der Waals surface area (Å²) in [6, 6.07) is 18.1. The molecule has 0 unspecified atom stereocenters. The third kappa shape index (κ3) is 4.13. The molecular formula is C23H22N4O5S. The van der Waals surface area contributed by atoms with E-state index in [0.29, 0.717) is 5.69 Å². The molecule has 1 aromatic heterocycles. The van der Waals surface area contributed by atoms with Gasteiger partial charge in [0.25, 0.3) is 0 Å². The van der Waals surface area contributed by atoms with Crippen molar-refractivity contribution >= 4 is 10.0 Å². The maximum atomic E-state index is 13.3. The standard InChI is InChI=1S/C23H22N4O5S/c1-15-8-6-7-11-18(15)27-22(24-25-23(27)30)17-12-21(20(29)13-19(17)28)33(31,32)26(2)14-16-9-4-3-5-10-16/h3-13,28-29H,14H2,1-2H3,(H,25,30). The molecule has 9 nitrogen and oxygen atoms in total. The molecule has 0 fully saturated rings. The molecule has 0 radical (unpaired) electrons. The monoisotopic (exact) mass is 466 g/mol. The number of H-pyrrole nitrogens is 1. The molecule has 10 heteroatoms. The molecular weight excluding hydrogens is 444 g/mol. The molecule has 1 heterocycles. The summed E-state index contributed by atoms with van der Waals surface area (Å²) in [5.41, 5.74) is 1.47. The van der Waals surface area contributed by atoms with Crippen molar-refractivity contribution in [1.29, 1.82) is 0 Å². The third-order valence-electron chi connectivity index (χ3n) is 5.28. The molecule has 3 N–H and O–H groups in total. The number of aromatic amines is 1. The minimum Gasteiger partial charge on any atom is -0.507 e. The zero-order chi connectivity index (χ0) is 23.8. The van der Waals surface area contributed by atoms with Crippen LogP contribution in [0.2, 0.25) is 0 Å². The number of aryl methyl sites for hydroxylation is 1. The second-order valence-electron chi connectivity index (χ2n) is 7.56. The van der Waals surface area contributed by atoms with E-state index in [4.69, 9.17) is 0 Å². The van der Waals surface area contributed by atoms with Gasteiger partial charge in [0, 0.05) is 19.7 Å². The molecule has 3 aromatic carbocycles. The number of nitrogens with one attached hydrogen (secondary N) is 1. The summed E-state index contributed by atoms with van der Waals surface area (Å²) in [6.07, 6.45) is 0. The van der Waals surface area contributed by atoms with Crippen LogP contribution in [0.15, 0.2) is 76.4 Å². The Labute approximate surface area is 190 Å². The van der Waals surface area contributed by atoms with E-state index >= 15 is 0 Å². The second-order valence-corrected chi connectivity index (χ2v) is 9.57. The van der Waals surface area contributed by atoms with Gasteiger partial charge in [0.15, 0.2) is 5.82 Å². The van der Waals surface area contributed by atoms with Crippen molar-refractivity contribution in [2.45, 2.75) is 18.4 Å². The quantitative estimate of drug-likeness (QED) is 0.401. The van der Waals surface area contributed by atoms with Gasteiger partial charge in [0.2, 0.25) is 10.0 Å². The van der Waals surface area contributed by atoms with Gasteiger partial charge in [-0.1, -0.05) is 48.5 Å². The Balaban J connectivity index is 1.83. The van der Waals surface area contributed by atoms with Crippen LogP contribution in [0.1, 0.15) is 11.1 Å². The normalized spacial score (nSPS) is 11.7. The molecule has 0 atom stereocenters. The highest BCUT2D eigenvalue weighted by molar-refractivity contribution is 7.89. The Bertz CT molecular complexity index is 1480. The van der Waals surface area contributed by atoms with E-state index < -0.39 is 32.1 Å². The number of para-hydroxylation sites is 1. The Morgan fingerprint density at radius 3 is 2.36 bits per heavy atom. The van der Waals surface area contributed by atoms with E-state index in [1.807, 2.05) is 25.1 Å². The van der Waals surface area contributed by atoms with Crippen molar-refractivity contribution in [3.8, 4) is 28.6 Å². The Hall–Kier alpha value is -3.89. The van der Waals surface area contributed by atoms with Crippen LogP contribution in [0.4, 0.5) is 0 Å². The van der Waals surface area contributed by atoms with Gasteiger partial charge in [-0.3, -0.25) is 0 Å². The van der Waals surface area contributed by atoms with Crippen molar-refractivity contribution in [2.75, 3.05) is 7.05 Å². The summed E-state index contributed by atoms with van der Waals surface area (Å²) in [7, 11) is -2.75. The van der Waals surface area contributed by atoms with Crippen LogP contribution < -0.4 is 5.69 Å². The minimum atomic E-state index is -4.15. The third-order valence-corrected chi connectivity index (χ3v) is 7.12. The number of aromatic nitrogens is 3. The van der Waals surface area contributed by atoms with Crippen molar-refractivity contribution in [3.63, 3.8) is 0 Å². The number of rotatable bonds is 6. The van der Waals surface area contributed by atoms with Crippen molar-refractivity contribution in [3.05, 3.63) is 88.3 Å². The summed E-state index contributed by atoms with van der Waals surface area (Å²) in [4.78, 5) is 12.1. The average molecular weight is 467 g/mol.